The van der Waals surface area contributed by atoms with Gasteiger partial charge in [-0.2, -0.15) is 0 Å². The molecular formula is C25H28N2O5S. The minimum Gasteiger partial charge on any atom is -0.497 e. The zero-order valence-corrected chi connectivity index (χ0v) is 20.0. The van der Waals surface area contributed by atoms with E-state index in [2.05, 4.69) is 10.0 Å². The number of hydrogen-bond donors (Lipinski definition) is 2. The molecule has 2 N–H and O–H groups in total. The number of rotatable bonds is 9. The first-order valence-corrected chi connectivity index (χ1v) is 11.9. The van der Waals surface area contributed by atoms with Crippen LogP contribution in [0.4, 0.5) is 5.69 Å². The number of carbonyl (C=O) groups is 1. The van der Waals surface area contributed by atoms with E-state index in [0.717, 1.165) is 11.1 Å². The van der Waals surface area contributed by atoms with Crippen molar-refractivity contribution in [3.05, 3.63) is 82.9 Å². The number of aryl methyl sites for hydroxylation is 3. The van der Waals surface area contributed by atoms with Crippen LogP contribution in [0.25, 0.3) is 0 Å². The summed E-state index contributed by atoms with van der Waals surface area (Å²) < 4.78 is 39.5. The van der Waals surface area contributed by atoms with E-state index in [1.807, 2.05) is 38.1 Å². The molecule has 0 aliphatic rings. The van der Waals surface area contributed by atoms with E-state index in [9.17, 15) is 13.2 Å². The molecule has 0 aliphatic heterocycles. The second-order valence-corrected chi connectivity index (χ2v) is 9.34. The predicted octanol–water partition coefficient (Wildman–Crippen LogP) is 4.23. The lowest BCUT2D eigenvalue weighted by molar-refractivity contribution is 0.0946. The number of amides is 1. The van der Waals surface area contributed by atoms with Gasteiger partial charge < -0.3 is 14.8 Å². The Morgan fingerprint density at radius 1 is 0.909 bits per heavy atom. The van der Waals surface area contributed by atoms with Crippen LogP contribution in [-0.4, -0.2) is 34.6 Å². The molecule has 0 saturated heterocycles. The number of benzene rings is 3. The Kier molecular flexibility index (Phi) is 7.60. The highest BCUT2D eigenvalue weighted by Gasteiger charge is 2.20. The summed E-state index contributed by atoms with van der Waals surface area (Å²) in [6.07, 6.45) is 0. The van der Waals surface area contributed by atoms with Crippen LogP contribution in [0.15, 0.2) is 65.6 Å². The maximum atomic E-state index is 13.0. The van der Waals surface area contributed by atoms with Gasteiger partial charge in [0.1, 0.15) is 18.1 Å². The van der Waals surface area contributed by atoms with Gasteiger partial charge in [0.15, 0.2) is 0 Å². The fourth-order valence-corrected chi connectivity index (χ4v) is 4.69. The molecule has 33 heavy (non-hydrogen) atoms. The average Bonchev–Trinajstić information content (AvgIpc) is 2.78. The SMILES string of the molecule is COc1cccc(OCCNC(=O)c2ccc(C)c(S(=O)(=O)Nc3ccc(C)cc3C)c2)c1. The molecule has 8 heteroatoms. The van der Waals surface area contributed by atoms with E-state index >= 15 is 0 Å². The Bertz CT molecular complexity index is 1260. The maximum Gasteiger partial charge on any atom is 0.262 e. The van der Waals surface area contributed by atoms with Crippen molar-refractivity contribution in [1.29, 1.82) is 0 Å². The Morgan fingerprint density at radius 2 is 1.67 bits per heavy atom. The molecule has 3 aromatic rings. The van der Waals surface area contributed by atoms with E-state index in [0.29, 0.717) is 22.7 Å². The molecule has 0 unspecified atom stereocenters. The molecule has 3 rings (SSSR count). The van der Waals surface area contributed by atoms with Crippen LogP contribution < -0.4 is 19.5 Å². The number of ether oxygens (including phenoxy) is 2. The fraction of sp³-hybridized carbons (Fsp3) is 0.240. The smallest absolute Gasteiger partial charge is 0.262 e. The molecule has 0 heterocycles. The zero-order chi connectivity index (χ0) is 24.0. The van der Waals surface area contributed by atoms with Crippen molar-refractivity contribution in [3.8, 4) is 11.5 Å². The zero-order valence-electron chi connectivity index (χ0n) is 19.1. The van der Waals surface area contributed by atoms with Crippen LogP contribution in [0.3, 0.4) is 0 Å². The van der Waals surface area contributed by atoms with E-state index in [1.165, 1.54) is 6.07 Å². The number of carbonyl (C=O) groups excluding carboxylic acids is 1. The van der Waals surface area contributed by atoms with Crippen molar-refractivity contribution < 1.29 is 22.7 Å². The first-order valence-electron chi connectivity index (χ1n) is 10.5. The quantitative estimate of drug-likeness (QED) is 0.459. The number of nitrogens with one attached hydrogen (secondary N) is 2. The maximum absolute atomic E-state index is 13.0. The third-order valence-electron chi connectivity index (χ3n) is 5.06. The van der Waals surface area contributed by atoms with Crippen LogP contribution in [0.2, 0.25) is 0 Å². The number of anilines is 1. The van der Waals surface area contributed by atoms with Gasteiger partial charge in [-0.3, -0.25) is 9.52 Å². The monoisotopic (exact) mass is 468 g/mol. The fourth-order valence-electron chi connectivity index (χ4n) is 3.29. The van der Waals surface area contributed by atoms with Gasteiger partial charge in [-0.05, 0) is 62.2 Å². The van der Waals surface area contributed by atoms with E-state index < -0.39 is 10.0 Å². The number of sulfonamides is 1. The standard InChI is InChI=1S/C25H28N2O5S/c1-17-8-11-23(19(3)14-17)27-33(29,30)24-15-20(10-9-18(24)2)25(28)26-12-13-32-22-7-5-6-21(16-22)31-4/h5-11,14-16,27H,12-13H2,1-4H3,(H,26,28). The summed E-state index contributed by atoms with van der Waals surface area (Å²) in [7, 11) is -2.29. The number of methoxy groups -OCH3 is 1. The molecule has 0 saturated carbocycles. The minimum atomic E-state index is -3.87. The van der Waals surface area contributed by atoms with Gasteiger partial charge in [-0.15, -0.1) is 0 Å². The van der Waals surface area contributed by atoms with Crippen molar-refractivity contribution in [3.63, 3.8) is 0 Å². The molecule has 7 nitrogen and oxygen atoms in total. The molecule has 0 radical (unpaired) electrons. The highest BCUT2D eigenvalue weighted by Crippen LogP contribution is 2.24. The van der Waals surface area contributed by atoms with Crippen LogP contribution in [0.1, 0.15) is 27.0 Å². The third kappa shape index (κ3) is 6.26. The summed E-state index contributed by atoms with van der Waals surface area (Å²) in [5.41, 5.74) is 3.17. The van der Waals surface area contributed by atoms with Crippen LogP contribution >= 0.6 is 0 Å². The summed E-state index contributed by atoms with van der Waals surface area (Å²) in [4.78, 5) is 12.7. The van der Waals surface area contributed by atoms with Gasteiger partial charge in [-0.1, -0.05) is 29.8 Å². The Hall–Kier alpha value is -3.52. The Morgan fingerprint density at radius 3 is 2.39 bits per heavy atom. The van der Waals surface area contributed by atoms with Crippen LogP contribution in [-0.2, 0) is 10.0 Å². The summed E-state index contributed by atoms with van der Waals surface area (Å²) in [5, 5.41) is 2.75. The molecule has 174 valence electrons. The molecule has 0 bridgehead atoms. The van der Waals surface area contributed by atoms with Gasteiger partial charge in [0.05, 0.1) is 24.2 Å². The van der Waals surface area contributed by atoms with Gasteiger partial charge in [0.2, 0.25) is 0 Å². The molecular weight excluding hydrogens is 440 g/mol. The lowest BCUT2D eigenvalue weighted by Crippen LogP contribution is -2.28. The molecule has 3 aromatic carbocycles. The van der Waals surface area contributed by atoms with Gasteiger partial charge in [0.25, 0.3) is 15.9 Å². The highest BCUT2D eigenvalue weighted by atomic mass is 32.2. The molecule has 1 amide bonds. The first kappa shape index (κ1) is 24.1. The molecule has 0 atom stereocenters. The Balaban J connectivity index is 1.66. The van der Waals surface area contributed by atoms with E-state index in [-0.39, 0.29) is 29.5 Å². The average molecular weight is 469 g/mol. The molecule has 0 aliphatic carbocycles. The summed E-state index contributed by atoms with van der Waals surface area (Å²) in [5.74, 6) is 0.927. The predicted molar refractivity (Wildman–Crippen MR) is 129 cm³/mol. The van der Waals surface area contributed by atoms with Gasteiger partial charge in [0, 0.05) is 11.6 Å². The van der Waals surface area contributed by atoms with E-state index in [4.69, 9.17) is 9.47 Å². The molecule has 0 fully saturated rings. The van der Waals surface area contributed by atoms with Crippen molar-refractivity contribution in [2.45, 2.75) is 25.7 Å². The second kappa shape index (κ2) is 10.4. The highest BCUT2D eigenvalue weighted by molar-refractivity contribution is 7.92. The van der Waals surface area contributed by atoms with Gasteiger partial charge in [-0.25, -0.2) is 8.42 Å². The van der Waals surface area contributed by atoms with Crippen molar-refractivity contribution >= 4 is 21.6 Å². The second-order valence-electron chi connectivity index (χ2n) is 7.69. The van der Waals surface area contributed by atoms with Crippen molar-refractivity contribution in [2.24, 2.45) is 0 Å². The molecule has 0 spiro atoms. The summed E-state index contributed by atoms with van der Waals surface area (Å²) in [6.45, 7) is 5.99. The van der Waals surface area contributed by atoms with Crippen molar-refractivity contribution in [2.75, 3.05) is 25.0 Å². The van der Waals surface area contributed by atoms with Crippen molar-refractivity contribution in [1.82, 2.24) is 5.32 Å². The van der Waals surface area contributed by atoms with Gasteiger partial charge >= 0.3 is 0 Å². The normalized spacial score (nSPS) is 11.0. The largest absolute Gasteiger partial charge is 0.497 e. The van der Waals surface area contributed by atoms with E-state index in [1.54, 1.807) is 44.4 Å². The third-order valence-corrected chi connectivity index (χ3v) is 6.57. The topological polar surface area (TPSA) is 93.7 Å². The molecule has 0 aromatic heterocycles. The van der Waals surface area contributed by atoms with Crippen LogP contribution in [0.5, 0.6) is 11.5 Å². The van der Waals surface area contributed by atoms with Crippen LogP contribution in [0, 0.1) is 20.8 Å². The Labute approximate surface area is 194 Å². The lowest BCUT2D eigenvalue weighted by Gasteiger charge is -2.14. The minimum absolute atomic E-state index is 0.0581. The lowest BCUT2D eigenvalue weighted by atomic mass is 10.1. The summed E-state index contributed by atoms with van der Waals surface area (Å²) in [6, 6.07) is 17.3. The number of hydrogen-bond acceptors (Lipinski definition) is 5. The first-order chi connectivity index (χ1) is 15.7. The summed E-state index contributed by atoms with van der Waals surface area (Å²) >= 11 is 0.